The lowest BCUT2D eigenvalue weighted by molar-refractivity contribution is 0.139. The predicted octanol–water partition coefficient (Wildman–Crippen LogP) is 5.69. The minimum absolute atomic E-state index is 0.0824. The van der Waals surface area contributed by atoms with E-state index in [9.17, 15) is 5.11 Å². The average Bonchev–Trinajstić information content (AvgIpc) is 3.24. The Hall–Kier alpha value is -2.97. The molecule has 0 spiro atoms. The third kappa shape index (κ3) is 4.08. The van der Waals surface area contributed by atoms with E-state index in [-0.39, 0.29) is 6.04 Å². The number of benzene rings is 4. The van der Waals surface area contributed by atoms with Crippen molar-refractivity contribution < 1.29 is 9.52 Å². The first-order valence-electron chi connectivity index (χ1n) is 10.9. The number of rotatable bonds is 7. The fourth-order valence-electron chi connectivity index (χ4n) is 4.15. The molecule has 1 heterocycles. The van der Waals surface area contributed by atoms with Crippen molar-refractivity contribution in [2.24, 2.45) is 0 Å². The molecule has 1 aromatic heterocycles. The predicted molar refractivity (Wildman–Crippen MR) is 135 cm³/mol. The zero-order valence-corrected chi connectivity index (χ0v) is 18.9. The Labute approximate surface area is 189 Å². The van der Waals surface area contributed by atoms with Crippen LogP contribution in [0.5, 0.6) is 0 Å². The van der Waals surface area contributed by atoms with Gasteiger partial charge in [-0.1, -0.05) is 97.1 Å². The lowest BCUT2D eigenvalue weighted by atomic mass is 10.0. The van der Waals surface area contributed by atoms with E-state index in [1.807, 2.05) is 55.5 Å². The molecule has 2 N–H and O–H groups in total. The molecule has 0 saturated heterocycles. The molecule has 5 rings (SSSR count). The van der Waals surface area contributed by atoms with Gasteiger partial charge >= 0.3 is 0 Å². The summed E-state index contributed by atoms with van der Waals surface area (Å²) in [6, 6.07) is 35.0. The van der Waals surface area contributed by atoms with Crippen molar-refractivity contribution in [2.45, 2.75) is 19.1 Å². The number of para-hydroxylation sites is 2. The Morgan fingerprint density at radius 1 is 0.781 bits per heavy atom. The second-order valence-corrected chi connectivity index (χ2v) is 10.2. The van der Waals surface area contributed by atoms with Crippen molar-refractivity contribution in [3.63, 3.8) is 0 Å². The Balaban J connectivity index is 1.50. The molecule has 5 aromatic rings. The van der Waals surface area contributed by atoms with Crippen LogP contribution in [0.4, 0.5) is 0 Å². The molecule has 3 atom stereocenters. The molecule has 4 aromatic carbocycles. The van der Waals surface area contributed by atoms with Crippen LogP contribution in [-0.2, 0) is 0 Å². The van der Waals surface area contributed by atoms with Gasteiger partial charge in [0.25, 0.3) is 0 Å². The summed E-state index contributed by atoms with van der Waals surface area (Å²) >= 11 is 0. The van der Waals surface area contributed by atoms with E-state index >= 15 is 0 Å². The molecule has 32 heavy (non-hydrogen) atoms. The molecule has 0 radical (unpaired) electrons. The number of hydrogen-bond acceptors (Lipinski definition) is 3. The molecule has 3 nitrogen and oxygen atoms in total. The summed E-state index contributed by atoms with van der Waals surface area (Å²) in [6.07, 6.45) is 0.187. The number of nitrogens with one attached hydrogen (secondary N) is 1. The van der Waals surface area contributed by atoms with Crippen molar-refractivity contribution in [1.82, 2.24) is 5.32 Å². The maximum Gasteiger partial charge on any atom is 0.143 e. The minimum atomic E-state index is -0.730. The summed E-state index contributed by atoms with van der Waals surface area (Å²) in [5.74, 6) is 0. The Bertz CT molecular complexity index is 1320. The van der Waals surface area contributed by atoms with Crippen LogP contribution in [0.3, 0.4) is 0 Å². The van der Waals surface area contributed by atoms with Crippen LogP contribution in [0.25, 0.3) is 21.9 Å². The molecule has 0 aliphatic heterocycles. The molecular weight excluding hydrogens is 413 g/mol. The zero-order chi connectivity index (χ0) is 21.9. The van der Waals surface area contributed by atoms with Crippen LogP contribution in [0.1, 0.15) is 18.6 Å². The lowest BCUT2D eigenvalue weighted by Gasteiger charge is -2.25. The van der Waals surface area contributed by atoms with E-state index in [1.165, 1.54) is 10.6 Å². The minimum Gasteiger partial charge on any atom is -0.455 e. The first-order chi connectivity index (χ1) is 15.7. The van der Waals surface area contributed by atoms with Gasteiger partial charge in [-0.2, -0.15) is 0 Å². The Morgan fingerprint density at radius 2 is 1.44 bits per heavy atom. The molecule has 1 unspecified atom stereocenters. The van der Waals surface area contributed by atoms with E-state index in [1.54, 1.807) is 0 Å². The number of fused-ring (bicyclic) bond motifs is 3. The second kappa shape index (κ2) is 9.26. The van der Waals surface area contributed by atoms with Gasteiger partial charge in [-0.3, -0.25) is 0 Å². The van der Waals surface area contributed by atoms with Gasteiger partial charge in [0.15, 0.2) is 0 Å². The van der Waals surface area contributed by atoms with Crippen LogP contribution in [0.2, 0.25) is 0 Å². The smallest absolute Gasteiger partial charge is 0.143 e. The Morgan fingerprint density at radius 3 is 2.22 bits per heavy atom. The number of aliphatic hydroxyl groups is 1. The molecule has 4 heteroatoms. The fraction of sp³-hybridized carbons (Fsp3) is 0.143. The van der Waals surface area contributed by atoms with Crippen LogP contribution < -0.4 is 15.9 Å². The summed E-state index contributed by atoms with van der Waals surface area (Å²) < 4.78 is 6.35. The van der Waals surface area contributed by atoms with Crippen LogP contribution in [-0.4, -0.2) is 17.4 Å². The molecule has 0 bridgehead atoms. The van der Waals surface area contributed by atoms with Crippen LogP contribution >= 0.6 is 7.92 Å². The number of hydrogen-bond donors (Lipinski definition) is 2. The maximum atomic E-state index is 10.8. The lowest BCUT2D eigenvalue weighted by Crippen LogP contribution is -2.34. The van der Waals surface area contributed by atoms with Gasteiger partial charge in [-0.05, 0) is 31.8 Å². The molecule has 160 valence electrons. The number of aliphatic hydroxyl groups excluding tert-OH is 1. The highest BCUT2D eigenvalue weighted by molar-refractivity contribution is 7.73. The summed E-state index contributed by atoms with van der Waals surface area (Å²) in [7, 11) is -0.730. The third-order valence-corrected chi connectivity index (χ3v) is 8.28. The van der Waals surface area contributed by atoms with E-state index in [2.05, 4.69) is 59.9 Å². The van der Waals surface area contributed by atoms with E-state index in [4.69, 9.17) is 4.42 Å². The van der Waals surface area contributed by atoms with Gasteiger partial charge in [0.05, 0.1) is 6.10 Å². The monoisotopic (exact) mass is 439 g/mol. The second-order valence-electron chi connectivity index (χ2n) is 8.02. The van der Waals surface area contributed by atoms with Gasteiger partial charge in [0.1, 0.15) is 11.2 Å². The molecule has 0 saturated carbocycles. The molecule has 0 amide bonds. The van der Waals surface area contributed by atoms with Gasteiger partial charge in [-0.15, -0.1) is 0 Å². The first-order valence-corrected chi connectivity index (χ1v) is 12.4. The van der Waals surface area contributed by atoms with Crippen molar-refractivity contribution in [1.29, 1.82) is 0 Å². The first kappa shape index (κ1) is 20.9. The van der Waals surface area contributed by atoms with Crippen molar-refractivity contribution >= 4 is 40.5 Å². The molecular formula is C28H26NO2P. The maximum absolute atomic E-state index is 10.8. The number of furan rings is 1. The highest BCUT2D eigenvalue weighted by Gasteiger charge is 2.22. The van der Waals surface area contributed by atoms with Crippen molar-refractivity contribution in [3.8, 4) is 0 Å². The van der Waals surface area contributed by atoms with Gasteiger partial charge < -0.3 is 14.8 Å². The summed E-state index contributed by atoms with van der Waals surface area (Å²) in [5.41, 5.74) is 2.80. The normalized spacial score (nSPS) is 14.4. The Kier molecular flexibility index (Phi) is 6.05. The van der Waals surface area contributed by atoms with Crippen molar-refractivity contribution in [2.75, 3.05) is 6.29 Å². The van der Waals surface area contributed by atoms with E-state index in [0.717, 1.165) is 33.8 Å². The van der Waals surface area contributed by atoms with Crippen LogP contribution in [0.15, 0.2) is 108 Å². The van der Waals surface area contributed by atoms with Gasteiger partial charge in [0.2, 0.25) is 0 Å². The van der Waals surface area contributed by atoms with E-state index in [0.29, 0.717) is 0 Å². The van der Waals surface area contributed by atoms with E-state index < -0.39 is 14.0 Å². The standard InChI is InChI=1S/C28H26NO2P/c1-20(27(30)21-11-4-2-5-12-21)29-19-32(22-13-6-3-7-14-22)26-18-10-16-24-23-15-8-9-17-25(23)31-28(24)26/h2-18,20,27,29-30H,19H2,1H3/t20-,27-,32?/m0/s1. The largest absolute Gasteiger partial charge is 0.455 e. The average molecular weight is 439 g/mol. The highest BCUT2D eigenvalue weighted by Crippen LogP contribution is 2.38. The zero-order valence-electron chi connectivity index (χ0n) is 18.0. The van der Waals surface area contributed by atoms with Gasteiger partial charge in [0, 0.05) is 28.4 Å². The summed E-state index contributed by atoms with van der Waals surface area (Å²) in [6.45, 7) is 2.04. The third-order valence-electron chi connectivity index (χ3n) is 5.93. The van der Waals surface area contributed by atoms with Gasteiger partial charge in [-0.25, -0.2) is 0 Å². The quantitative estimate of drug-likeness (QED) is 0.320. The van der Waals surface area contributed by atoms with Crippen LogP contribution in [0, 0.1) is 0 Å². The topological polar surface area (TPSA) is 45.4 Å². The summed E-state index contributed by atoms with van der Waals surface area (Å²) in [4.78, 5) is 0. The molecule has 0 aliphatic carbocycles. The summed E-state index contributed by atoms with van der Waals surface area (Å²) in [5, 5.41) is 19.2. The highest BCUT2D eigenvalue weighted by atomic mass is 31.1. The molecule has 0 aliphatic rings. The fourth-order valence-corrected chi connectivity index (χ4v) is 6.47. The molecule has 0 fully saturated rings. The SMILES string of the molecule is C[C@H](NCP(c1ccccc1)c1cccc2c1oc1ccccc12)[C@H](O)c1ccccc1. The van der Waals surface area contributed by atoms with Crippen molar-refractivity contribution in [3.05, 3.63) is 109 Å².